The predicted molar refractivity (Wildman–Crippen MR) is 77.4 cm³/mol. The summed E-state index contributed by atoms with van der Waals surface area (Å²) in [5.41, 5.74) is 0. The molecule has 1 radical (unpaired) electrons. The number of carbonyl (C=O) groups excluding carboxylic acids is 1. The average molecular weight is 370 g/mol. The predicted octanol–water partition coefficient (Wildman–Crippen LogP) is 1.12. The molecule has 0 saturated heterocycles. The van der Waals surface area contributed by atoms with Gasteiger partial charge in [-0.15, -0.1) is 0 Å². The van der Waals surface area contributed by atoms with E-state index in [9.17, 15) is 9.90 Å². The van der Waals surface area contributed by atoms with E-state index in [1.807, 2.05) is 36.4 Å². The number of aliphatic carboxylic acids is 1. The van der Waals surface area contributed by atoms with Crippen LogP contribution in [0.25, 0.3) is 0 Å². The molecule has 2 rings (SSSR count). The van der Waals surface area contributed by atoms with Crippen molar-refractivity contribution in [2.75, 3.05) is 5.32 Å². The van der Waals surface area contributed by atoms with Crippen molar-refractivity contribution in [1.29, 1.82) is 0 Å². The maximum absolute atomic E-state index is 9.26. The van der Waals surface area contributed by atoms with Crippen LogP contribution in [-0.4, -0.2) is 21.0 Å². The summed E-state index contributed by atoms with van der Waals surface area (Å²) in [6.07, 6.45) is 3.59. The Bertz CT molecular complexity index is 515. The molecule has 0 spiro atoms. The third-order valence-electron chi connectivity index (χ3n) is 1.87. The molecule has 2 aromatic rings. The van der Waals surface area contributed by atoms with Gasteiger partial charge in [-0.05, 0) is 30.7 Å². The number of carboxylic acids is 1. The summed E-state index contributed by atoms with van der Waals surface area (Å²) in [6, 6.07) is 11.4. The molecule has 0 aliphatic carbocycles. The minimum atomic E-state index is -1.75. The van der Waals surface area contributed by atoms with Gasteiger partial charge >= 0.3 is 17.1 Å². The number of anilines is 2. The second-order valence-corrected chi connectivity index (χ2v) is 3.50. The van der Waals surface area contributed by atoms with Crippen molar-refractivity contribution in [1.82, 2.24) is 9.97 Å². The number of rotatable bonds is 3. The summed E-state index contributed by atoms with van der Waals surface area (Å²) in [4.78, 5) is 25.8. The van der Waals surface area contributed by atoms with Crippen LogP contribution in [0, 0.1) is 15.3 Å². The molecule has 0 bridgehead atoms. The Kier molecular flexibility index (Phi) is 14.0. The standard InChI is InChI=1S/C10H9N3.C3H6O2.Cu.NO3/c1-3-7-11-9(5-1)13-10-6-2-4-8-12-10;1-2-3(4)5;;2-1(3)4/h1-8H,(H,11,12,13);2H2,1H3,(H,4,5);;/q;;+2;-1/p-1. The van der Waals surface area contributed by atoms with E-state index >= 15 is 0 Å². The van der Waals surface area contributed by atoms with Crippen LogP contribution in [0.1, 0.15) is 13.3 Å². The van der Waals surface area contributed by atoms with E-state index in [0.717, 1.165) is 11.6 Å². The Hall–Kier alpha value is -2.71. The Morgan fingerprint density at radius 1 is 1.09 bits per heavy atom. The molecule has 10 heteroatoms. The molecule has 0 unspecified atom stereocenters. The van der Waals surface area contributed by atoms with E-state index < -0.39 is 11.1 Å². The second-order valence-electron chi connectivity index (χ2n) is 3.50. The molecule has 0 atom stereocenters. The van der Waals surface area contributed by atoms with Crippen molar-refractivity contribution < 1.29 is 32.1 Å². The van der Waals surface area contributed by atoms with Gasteiger partial charge in [0.15, 0.2) is 0 Å². The molecule has 23 heavy (non-hydrogen) atoms. The second kappa shape index (κ2) is 14.2. The van der Waals surface area contributed by atoms with Crippen molar-refractivity contribution in [3.05, 3.63) is 64.1 Å². The number of hydrogen-bond acceptors (Lipinski definition) is 8. The van der Waals surface area contributed by atoms with Gasteiger partial charge in [-0.2, -0.15) is 0 Å². The molecule has 2 aromatic heterocycles. The average Bonchev–Trinajstić information content (AvgIpc) is 2.49. The molecule has 1 N–H and O–H groups in total. The number of pyridine rings is 2. The maximum Gasteiger partial charge on any atom is 2.00 e. The van der Waals surface area contributed by atoms with Crippen molar-refractivity contribution in [2.45, 2.75) is 13.3 Å². The molecule has 127 valence electrons. The summed E-state index contributed by atoms with van der Waals surface area (Å²) in [6.45, 7) is 1.54. The Morgan fingerprint density at radius 2 is 1.43 bits per heavy atom. The van der Waals surface area contributed by atoms with Gasteiger partial charge in [0.05, 0.1) is 5.09 Å². The van der Waals surface area contributed by atoms with Crippen molar-refractivity contribution in [3.63, 3.8) is 0 Å². The summed E-state index contributed by atoms with van der Waals surface area (Å²) in [5, 5.41) is 27.1. The topological polar surface area (TPSA) is 144 Å². The number of carbonyl (C=O) groups is 1. The van der Waals surface area contributed by atoms with Gasteiger partial charge in [0.1, 0.15) is 11.6 Å². The maximum atomic E-state index is 9.26. The first-order valence-corrected chi connectivity index (χ1v) is 6.06. The van der Waals surface area contributed by atoms with Gasteiger partial charge in [-0.25, -0.2) is 9.97 Å². The van der Waals surface area contributed by atoms with Crippen molar-refractivity contribution >= 4 is 17.6 Å². The fraction of sp³-hybridized carbons (Fsp3) is 0.154. The quantitative estimate of drug-likeness (QED) is 0.481. The Morgan fingerprint density at radius 3 is 1.65 bits per heavy atom. The van der Waals surface area contributed by atoms with Crippen molar-refractivity contribution in [3.8, 4) is 0 Å². The van der Waals surface area contributed by atoms with Crippen LogP contribution in [-0.2, 0) is 21.9 Å². The molecule has 0 aliphatic heterocycles. The third-order valence-corrected chi connectivity index (χ3v) is 1.87. The van der Waals surface area contributed by atoms with Gasteiger partial charge in [0.2, 0.25) is 0 Å². The van der Waals surface area contributed by atoms with Crippen LogP contribution in [0.3, 0.4) is 0 Å². The van der Waals surface area contributed by atoms with Gasteiger partial charge in [0, 0.05) is 18.4 Å². The summed E-state index contributed by atoms with van der Waals surface area (Å²) in [5.74, 6) is 0.618. The zero-order valence-corrected chi connectivity index (χ0v) is 13.0. The zero-order valence-electron chi connectivity index (χ0n) is 12.0. The summed E-state index contributed by atoms with van der Waals surface area (Å²) < 4.78 is 0. The summed E-state index contributed by atoms with van der Waals surface area (Å²) in [7, 11) is 0. The SMILES string of the molecule is CCC(=O)[O-].O=[N+]([O-])[O-].[Cu+2].c1ccc(Nc2ccccn2)nc1. The zero-order chi connectivity index (χ0) is 16.8. The molecule has 0 aromatic carbocycles. The van der Waals surface area contributed by atoms with Crippen LogP contribution < -0.4 is 10.4 Å². The Labute approximate surface area is 143 Å². The fourth-order valence-electron chi connectivity index (χ4n) is 1.00. The fourth-order valence-corrected chi connectivity index (χ4v) is 1.00. The molecule has 0 amide bonds. The molecular formula is C13H14CuN4O5. The molecule has 9 nitrogen and oxygen atoms in total. The molecule has 2 heterocycles. The van der Waals surface area contributed by atoms with Gasteiger partial charge in [-0.1, -0.05) is 19.1 Å². The van der Waals surface area contributed by atoms with E-state index in [1.165, 1.54) is 6.92 Å². The number of hydrogen-bond donors (Lipinski definition) is 1. The van der Waals surface area contributed by atoms with E-state index in [4.69, 9.17) is 15.3 Å². The van der Waals surface area contributed by atoms with Gasteiger partial charge in [0.25, 0.3) is 0 Å². The van der Waals surface area contributed by atoms with Crippen LogP contribution in [0.4, 0.5) is 11.6 Å². The first kappa shape index (κ1) is 22.6. The first-order chi connectivity index (χ1) is 10.5. The number of nitrogens with one attached hydrogen (secondary N) is 1. The van der Waals surface area contributed by atoms with Crippen molar-refractivity contribution in [2.24, 2.45) is 0 Å². The largest absolute Gasteiger partial charge is 2.00 e. The Balaban J connectivity index is 0. The number of aromatic nitrogens is 2. The third kappa shape index (κ3) is 15.5. The number of carboxylic acid groups (broad SMARTS) is 1. The first-order valence-electron chi connectivity index (χ1n) is 6.06. The van der Waals surface area contributed by atoms with E-state index in [0.29, 0.717) is 0 Å². The monoisotopic (exact) mass is 369 g/mol. The van der Waals surface area contributed by atoms with Crippen LogP contribution in [0.2, 0.25) is 0 Å². The normalized spacial score (nSPS) is 8.04. The van der Waals surface area contributed by atoms with Crippen LogP contribution >= 0.6 is 0 Å². The summed E-state index contributed by atoms with van der Waals surface area (Å²) >= 11 is 0. The molecule has 0 aliphatic rings. The van der Waals surface area contributed by atoms with Crippen LogP contribution in [0.15, 0.2) is 48.8 Å². The smallest absolute Gasteiger partial charge is 0.550 e. The van der Waals surface area contributed by atoms with Crippen LogP contribution in [0.5, 0.6) is 0 Å². The van der Waals surface area contributed by atoms with E-state index in [-0.39, 0.29) is 23.5 Å². The molecule has 0 saturated carbocycles. The number of nitrogens with zero attached hydrogens (tertiary/aromatic N) is 3. The van der Waals surface area contributed by atoms with E-state index in [2.05, 4.69) is 15.3 Å². The van der Waals surface area contributed by atoms with Gasteiger partial charge < -0.3 is 30.5 Å². The minimum Gasteiger partial charge on any atom is -0.550 e. The molecular weight excluding hydrogens is 356 g/mol. The molecule has 0 fully saturated rings. The van der Waals surface area contributed by atoms with E-state index in [1.54, 1.807) is 12.4 Å². The minimum absolute atomic E-state index is 0. The van der Waals surface area contributed by atoms with Gasteiger partial charge in [-0.3, -0.25) is 0 Å².